The first-order valence-electron chi connectivity index (χ1n) is 9.70. The third-order valence-corrected chi connectivity index (χ3v) is 6.08. The zero-order valence-corrected chi connectivity index (χ0v) is 18.6. The lowest BCUT2D eigenvalue weighted by Crippen LogP contribution is -2.41. The number of nitrogens with zero attached hydrogens (tertiary/aromatic N) is 3. The van der Waals surface area contributed by atoms with Crippen LogP contribution in [0.5, 0.6) is 0 Å². The molecule has 2 aromatic heterocycles. The van der Waals surface area contributed by atoms with Gasteiger partial charge < -0.3 is 11.1 Å². The van der Waals surface area contributed by atoms with Crippen molar-refractivity contribution in [2.45, 2.75) is 11.8 Å². The van der Waals surface area contributed by atoms with Crippen LogP contribution in [0.2, 0.25) is 5.02 Å². The van der Waals surface area contributed by atoms with Crippen molar-refractivity contribution in [2.24, 2.45) is 12.8 Å². The summed E-state index contributed by atoms with van der Waals surface area (Å²) in [6.07, 6.45) is 6.44. The Morgan fingerprint density at radius 2 is 1.97 bits per heavy atom. The maximum Gasteiger partial charge on any atom is 0.249 e. The van der Waals surface area contributed by atoms with Crippen LogP contribution in [0.15, 0.2) is 77.6 Å². The number of halogens is 2. The molecular formula is C23H19Cl2N5O2. The number of benzene rings is 1. The summed E-state index contributed by atoms with van der Waals surface area (Å²) in [5.41, 5.74) is 6.38. The fourth-order valence-electron chi connectivity index (χ4n) is 3.66. The minimum Gasteiger partial charge on any atom is -0.366 e. The van der Waals surface area contributed by atoms with Gasteiger partial charge in [0.1, 0.15) is 5.82 Å². The van der Waals surface area contributed by atoms with E-state index in [1.54, 1.807) is 48.4 Å². The molecule has 0 aliphatic heterocycles. The molecule has 1 aromatic carbocycles. The predicted octanol–water partition coefficient (Wildman–Crippen LogP) is 3.95. The lowest BCUT2D eigenvalue weighted by Gasteiger charge is -2.33. The molecule has 0 saturated heterocycles. The van der Waals surface area contributed by atoms with Crippen molar-refractivity contribution in [1.29, 1.82) is 0 Å². The van der Waals surface area contributed by atoms with Crippen LogP contribution in [0.4, 0.5) is 5.82 Å². The molecule has 1 atom stereocenters. The Morgan fingerprint density at radius 1 is 1.16 bits per heavy atom. The summed E-state index contributed by atoms with van der Waals surface area (Å²) in [6.45, 7) is 0. The second kappa shape index (κ2) is 8.61. The first-order chi connectivity index (χ1) is 15.3. The summed E-state index contributed by atoms with van der Waals surface area (Å²) >= 11 is 12.9. The second-order valence-corrected chi connectivity index (χ2v) is 8.23. The van der Waals surface area contributed by atoms with Crippen molar-refractivity contribution in [3.05, 3.63) is 88.2 Å². The number of rotatable bonds is 5. The average molecular weight is 468 g/mol. The highest BCUT2D eigenvalue weighted by Crippen LogP contribution is 2.42. The Kier molecular flexibility index (Phi) is 5.86. The number of allylic oxidation sites excluding steroid dienone is 1. The highest BCUT2D eigenvalue weighted by atomic mass is 35.5. The molecule has 1 aliphatic carbocycles. The van der Waals surface area contributed by atoms with E-state index in [4.69, 9.17) is 28.9 Å². The van der Waals surface area contributed by atoms with Gasteiger partial charge in [0.25, 0.3) is 0 Å². The first kappa shape index (κ1) is 21.8. The minimum absolute atomic E-state index is 0.0519. The highest BCUT2D eigenvalue weighted by molar-refractivity contribution is 6.33. The van der Waals surface area contributed by atoms with Gasteiger partial charge in [-0.2, -0.15) is 5.10 Å². The molecule has 0 bridgehead atoms. The van der Waals surface area contributed by atoms with Gasteiger partial charge in [-0.15, -0.1) is 0 Å². The summed E-state index contributed by atoms with van der Waals surface area (Å²) in [7, 11) is 1.72. The van der Waals surface area contributed by atoms with E-state index < -0.39 is 11.3 Å². The van der Waals surface area contributed by atoms with E-state index in [-0.39, 0.29) is 22.9 Å². The number of hydrogen-bond acceptors (Lipinski definition) is 4. The van der Waals surface area contributed by atoms with E-state index in [0.717, 1.165) is 0 Å². The fourth-order valence-corrected chi connectivity index (χ4v) is 4.24. The first-order valence-corrected chi connectivity index (χ1v) is 10.5. The van der Waals surface area contributed by atoms with Gasteiger partial charge in [0, 0.05) is 41.4 Å². The lowest BCUT2D eigenvalue weighted by atomic mass is 9.72. The molecule has 162 valence electrons. The van der Waals surface area contributed by atoms with Gasteiger partial charge >= 0.3 is 0 Å². The van der Waals surface area contributed by atoms with Gasteiger partial charge in [-0.1, -0.05) is 47.5 Å². The number of pyridine rings is 1. The summed E-state index contributed by atoms with van der Waals surface area (Å²) in [4.78, 5) is 29.8. The summed E-state index contributed by atoms with van der Waals surface area (Å²) in [5.74, 6) is -0.479. The SMILES string of the molecule is Cn1nccc1NC(=O)C1(c2ccc(Cl)c(-c3ccccn3)c2)C=CC(C(N)=O)=C(Cl)C1. The van der Waals surface area contributed by atoms with Crippen molar-refractivity contribution in [1.82, 2.24) is 14.8 Å². The number of anilines is 1. The zero-order chi connectivity index (χ0) is 22.9. The van der Waals surface area contributed by atoms with Crippen LogP contribution in [0.1, 0.15) is 12.0 Å². The van der Waals surface area contributed by atoms with Crippen LogP contribution in [0.25, 0.3) is 11.3 Å². The molecule has 0 saturated carbocycles. The Bertz CT molecular complexity index is 1270. The van der Waals surface area contributed by atoms with Crippen molar-refractivity contribution in [3.8, 4) is 11.3 Å². The molecule has 2 amide bonds. The molecule has 1 aliphatic rings. The van der Waals surface area contributed by atoms with Crippen LogP contribution < -0.4 is 11.1 Å². The average Bonchev–Trinajstić information content (AvgIpc) is 3.18. The molecule has 9 heteroatoms. The Balaban J connectivity index is 1.84. The van der Waals surface area contributed by atoms with Gasteiger partial charge in [0.2, 0.25) is 11.8 Å². The van der Waals surface area contributed by atoms with Crippen LogP contribution in [0.3, 0.4) is 0 Å². The number of hydrogen-bond donors (Lipinski definition) is 2. The summed E-state index contributed by atoms with van der Waals surface area (Å²) < 4.78 is 1.55. The number of amides is 2. The maximum atomic E-state index is 13.6. The number of nitrogens with one attached hydrogen (secondary N) is 1. The largest absolute Gasteiger partial charge is 0.366 e. The molecule has 0 radical (unpaired) electrons. The Morgan fingerprint density at radius 3 is 2.59 bits per heavy atom. The van der Waals surface area contributed by atoms with E-state index in [1.807, 2.05) is 24.3 Å². The maximum absolute atomic E-state index is 13.6. The Labute approximate surface area is 194 Å². The van der Waals surface area contributed by atoms with Gasteiger partial charge in [-0.05, 0) is 29.8 Å². The number of aryl methyl sites for hydroxylation is 1. The van der Waals surface area contributed by atoms with E-state index in [9.17, 15) is 9.59 Å². The standard InChI is InChI=1S/C23H19Cl2N5O2/c1-30-20(8-11-28-30)29-22(32)23(9-7-15(21(26)31)18(25)13-23)14-5-6-17(24)16(12-14)19-4-2-3-10-27-19/h2-12H,13H2,1H3,(H2,26,31)(H,29,32). The van der Waals surface area contributed by atoms with Crippen molar-refractivity contribution < 1.29 is 9.59 Å². The molecule has 3 N–H and O–H groups in total. The molecule has 3 aromatic rings. The molecule has 1 unspecified atom stereocenters. The van der Waals surface area contributed by atoms with Crippen LogP contribution in [-0.2, 0) is 22.1 Å². The quantitative estimate of drug-likeness (QED) is 0.592. The Hall–Kier alpha value is -3.42. The normalized spacial score (nSPS) is 18.0. The van der Waals surface area contributed by atoms with Gasteiger partial charge in [0.15, 0.2) is 0 Å². The van der Waals surface area contributed by atoms with Crippen LogP contribution in [0, 0.1) is 0 Å². The summed E-state index contributed by atoms with van der Waals surface area (Å²) in [5, 5.41) is 7.69. The number of carbonyl (C=O) groups is 2. The van der Waals surface area contributed by atoms with E-state index >= 15 is 0 Å². The predicted molar refractivity (Wildman–Crippen MR) is 124 cm³/mol. The van der Waals surface area contributed by atoms with E-state index in [1.165, 1.54) is 6.08 Å². The monoisotopic (exact) mass is 467 g/mol. The number of carbonyl (C=O) groups excluding carboxylic acids is 2. The van der Waals surface area contributed by atoms with E-state index in [0.29, 0.717) is 27.7 Å². The summed E-state index contributed by atoms with van der Waals surface area (Å²) in [6, 6.07) is 12.5. The third kappa shape index (κ3) is 3.92. The van der Waals surface area contributed by atoms with E-state index in [2.05, 4.69) is 15.4 Å². The van der Waals surface area contributed by atoms with Crippen molar-refractivity contribution in [2.75, 3.05) is 5.32 Å². The van der Waals surface area contributed by atoms with Gasteiger partial charge in [0.05, 0.1) is 22.9 Å². The molecule has 32 heavy (non-hydrogen) atoms. The van der Waals surface area contributed by atoms with Crippen molar-refractivity contribution in [3.63, 3.8) is 0 Å². The molecular weight excluding hydrogens is 449 g/mol. The topological polar surface area (TPSA) is 103 Å². The number of aromatic nitrogens is 3. The number of nitrogens with two attached hydrogens (primary N) is 1. The molecule has 7 nitrogen and oxygen atoms in total. The lowest BCUT2D eigenvalue weighted by molar-refractivity contribution is -0.120. The highest BCUT2D eigenvalue weighted by Gasteiger charge is 2.42. The second-order valence-electron chi connectivity index (χ2n) is 7.37. The van der Waals surface area contributed by atoms with Gasteiger partial charge in [-0.25, -0.2) is 0 Å². The zero-order valence-electron chi connectivity index (χ0n) is 17.0. The molecule has 4 rings (SSSR count). The molecule has 2 heterocycles. The number of primary amides is 1. The third-order valence-electron chi connectivity index (χ3n) is 5.42. The van der Waals surface area contributed by atoms with Crippen LogP contribution >= 0.6 is 23.2 Å². The molecule has 0 spiro atoms. The van der Waals surface area contributed by atoms with Gasteiger partial charge in [-0.3, -0.25) is 19.3 Å². The molecule has 0 fully saturated rings. The smallest absolute Gasteiger partial charge is 0.249 e. The minimum atomic E-state index is -1.21. The van der Waals surface area contributed by atoms with Crippen molar-refractivity contribution >= 4 is 40.8 Å². The van der Waals surface area contributed by atoms with Crippen LogP contribution in [-0.4, -0.2) is 26.6 Å². The fraction of sp³-hybridized carbons (Fsp3) is 0.130.